The van der Waals surface area contributed by atoms with Gasteiger partial charge in [0.25, 0.3) is 0 Å². The largest absolute Gasteiger partial charge is 0.456 e. The van der Waals surface area contributed by atoms with E-state index in [-0.39, 0.29) is 0 Å². The summed E-state index contributed by atoms with van der Waals surface area (Å²) in [4.78, 5) is 31.1. The Bertz CT molecular complexity index is 7980. The highest BCUT2D eigenvalue weighted by Crippen LogP contribution is 2.47. The molecule has 8 heterocycles. The molecule has 0 atom stereocenters. The van der Waals surface area contributed by atoms with Crippen LogP contribution in [0.2, 0.25) is 0 Å². The van der Waals surface area contributed by atoms with Crippen LogP contribution in [0.3, 0.4) is 0 Å². The van der Waals surface area contributed by atoms with E-state index in [0.29, 0.717) is 35.2 Å². The minimum Gasteiger partial charge on any atom is -0.456 e. The summed E-state index contributed by atoms with van der Waals surface area (Å²) in [6.07, 6.45) is 0. The summed E-state index contributed by atoms with van der Waals surface area (Å²) in [7, 11) is 0. The maximum absolute atomic E-state index is 6.49. The van der Waals surface area contributed by atoms with E-state index in [9.17, 15) is 0 Å². The predicted molar refractivity (Wildman–Crippen MR) is 467 cm³/mol. The molecule has 0 aliphatic rings. The fourth-order valence-corrected chi connectivity index (χ4v) is 18.1. The Morgan fingerprint density at radius 1 is 0.193 bits per heavy atom. The molecule has 24 aromatic rings. The molecule has 12 heteroatoms. The fourth-order valence-electron chi connectivity index (χ4n) is 17.0. The quantitative estimate of drug-likeness (QED) is 0.131. The summed E-state index contributed by atoms with van der Waals surface area (Å²) in [6, 6.07) is 126. The minimum atomic E-state index is 0.545. The number of hydrogen-bond donors (Lipinski definition) is 0. The Kier molecular flexibility index (Phi) is 14.9. The third-order valence-corrected chi connectivity index (χ3v) is 23.3. The summed E-state index contributed by atoms with van der Waals surface area (Å²) < 4.78 is 26.2. The molecule has 0 aliphatic heterocycles. The van der Waals surface area contributed by atoms with Gasteiger partial charge in [0, 0.05) is 96.3 Å². The summed E-state index contributed by atoms with van der Waals surface area (Å²) in [5.41, 5.74) is 21.8. The van der Waals surface area contributed by atoms with Crippen LogP contribution in [-0.2, 0) is 0 Å². The summed E-state index contributed by atoms with van der Waals surface area (Å²) in [6.45, 7) is 0. The molecule has 24 rings (SSSR count). The van der Waals surface area contributed by atoms with Gasteiger partial charge in [-0.15, -0.1) is 11.3 Å². The van der Waals surface area contributed by atoms with Crippen molar-refractivity contribution in [3.05, 3.63) is 364 Å². The van der Waals surface area contributed by atoms with Gasteiger partial charge in [0.15, 0.2) is 23.3 Å². The van der Waals surface area contributed by atoms with Crippen LogP contribution < -0.4 is 0 Å². The molecule has 114 heavy (non-hydrogen) atoms. The highest BCUT2D eigenvalue weighted by Gasteiger charge is 2.26. The van der Waals surface area contributed by atoms with Gasteiger partial charge < -0.3 is 13.3 Å². The van der Waals surface area contributed by atoms with Crippen LogP contribution >= 0.6 is 11.3 Å². The number of rotatable bonds is 10. The third-order valence-electron chi connectivity index (χ3n) is 22.1. The maximum Gasteiger partial charge on any atom is 0.238 e. The van der Waals surface area contributed by atoms with Gasteiger partial charge in [-0.1, -0.05) is 273 Å². The molecule has 8 aromatic heterocycles. The van der Waals surface area contributed by atoms with Gasteiger partial charge in [0.1, 0.15) is 33.5 Å². The normalized spacial score (nSPS) is 11.9. The van der Waals surface area contributed by atoms with E-state index in [4.69, 9.17) is 43.2 Å². The van der Waals surface area contributed by atoms with Crippen molar-refractivity contribution in [3.63, 3.8) is 0 Å². The fraction of sp³-hybridized carbons (Fsp3) is 0. The minimum absolute atomic E-state index is 0.545. The Balaban J connectivity index is 0.000000135. The van der Waals surface area contributed by atoms with E-state index in [0.717, 1.165) is 160 Å². The van der Waals surface area contributed by atoms with Crippen molar-refractivity contribution in [1.82, 2.24) is 39.0 Å². The first-order valence-corrected chi connectivity index (χ1v) is 38.9. The lowest BCUT2D eigenvalue weighted by Crippen LogP contribution is -2.06. The first-order chi connectivity index (χ1) is 56.5. The lowest BCUT2D eigenvalue weighted by atomic mass is 9.94. The van der Waals surface area contributed by atoms with Crippen molar-refractivity contribution in [2.75, 3.05) is 0 Å². The topological polar surface area (TPSA) is 127 Å². The van der Waals surface area contributed by atoms with Crippen LogP contribution in [-0.4, -0.2) is 39.0 Å². The second kappa shape index (κ2) is 26.2. The maximum atomic E-state index is 6.49. The van der Waals surface area contributed by atoms with Crippen LogP contribution in [0, 0.1) is 0 Å². The monoisotopic (exact) mass is 1480 g/mol. The second-order valence-corrected chi connectivity index (χ2v) is 29.8. The Morgan fingerprint density at radius 2 is 0.605 bits per heavy atom. The van der Waals surface area contributed by atoms with E-state index in [2.05, 4.69) is 282 Å². The average molecular weight is 1480 g/mol. The molecule has 0 radical (unpaired) electrons. The number of benzene rings is 16. The van der Waals surface area contributed by atoms with Crippen molar-refractivity contribution >= 4 is 141 Å². The molecule has 0 N–H and O–H groups in total. The molecule has 0 saturated carbocycles. The number of thiophene rings is 1. The summed E-state index contributed by atoms with van der Waals surface area (Å²) in [5.74, 6) is 3.53. The molecule has 11 nitrogen and oxygen atoms in total. The highest BCUT2D eigenvalue weighted by molar-refractivity contribution is 7.26. The van der Waals surface area contributed by atoms with Gasteiger partial charge >= 0.3 is 0 Å². The number of nitrogens with zero attached hydrogens (tertiary/aromatic N) is 8. The molecule has 16 aromatic carbocycles. The lowest BCUT2D eigenvalue weighted by molar-refractivity contribution is 0.669. The number of hydrogen-bond acceptors (Lipinski definition) is 10. The number of aromatic nitrogens is 8. The van der Waals surface area contributed by atoms with Crippen LogP contribution in [0.15, 0.2) is 377 Å². The zero-order valence-electron chi connectivity index (χ0n) is 60.9. The predicted octanol–water partition coefficient (Wildman–Crippen LogP) is 27.3. The summed E-state index contributed by atoms with van der Waals surface area (Å²) in [5, 5.41) is 13.7. The van der Waals surface area contributed by atoms with E-state index in [1.807, 2.05) is 102 Å². The van der Waals surface area contributed by atoms with Crippen molar-refractivity contribution in [2.24, 2.45) is 0 Å². The van der Waals surface area contributed by atoms with Crippen molar-refractivity contribution in [2.45, 2.75) is 0 Å². The Hall–Kier alpha value is -15.2. The molecule has 0 amide bonds. The molecule has 0 saturated heterocycles. The van der Waals surface area contributed by atoms with E-state index < -0.39 is 0 Å². The Morgan fingerprint density at radius 3 is 1.25 bits per heavy atom. The molecule has 0 bridgehead atoms. The molecule has 0 fully saturated rings. The number of fused-ring (bicyclic) bond motifs is 20. The smallest absolute Gasteiger partial charge is 0.238 e. The average Bonchev–Trinajstić information content (AvgIpc) is 1.56. The first kappa shape index (κ1) is 64.7. The zero-order chi connectivity index (χ0) is 74.9. The SMILES string of the molecule is c1ccc(-c2nc(-c3ccc(-c4cc(-c5ccccc5)c5c(c4)oc4ccccc45)cc3)nc(-n3c4ccccc4c4c5c(ccc43)oc3ccccc35)n2)cc1.c1ccc(-c2nc(-c3cccc(-c4ccc5c(c4)oc4cccc(-c6ccccc6)c45)c3)nc(-n3c4ccccc4c4c5c(ccc43)sc3ccccc35)n2)cc1. The first-order valence-electron chi connectivity index (χ1n) is 38.0. The zero-order valence-corrected chi connectivity index (χ0v) is 61.7. The van der Waals surface area contributed by atoms with Crippen LogP contribution in [0.4, 0.5) is 0 Å². The molecule has 0 spiro atoms. The van der Waals surface area contributed by atoms with Crippen LogP contribution in [0.25, 0.3) is 232 Å². The van der Waals surface area contributed by atoms with Crippen LogP contribution in [0.5, 0.6) is 0 Å². The van der Waals surface area contributed by atoms with Gasteiger partial charge in [-0.25, -0.2) is 9.97 Å². The second-order valence-electron chi connectivity index (χ2n) is 28.7. The molecule has 0 unspecified atom stereocenters. The number of furan rings is 3. The number of para-hydroxylation sites is 4. The van der Waals surface area contributed by atoms with E-state index in [1.54, 1.807) is 0 Å². The van der Waals surface area contributed by atoms with Crippen molar-refractivity contribution in [3.8, 4) is 102 Å². The van der Waals surface area contributed by atoms with Gasteiger partial charge in [-0.2, -0.15) is 19.9 Å². The van der Waals surface area contributed by atoms with Crippen molar-refractivity contribution in [1.29, 1.82) is 0 Å². The molecule has 532 valence electrons. The van der Waals surface area contributed by atoms with E-state index >= 15 is 0 Å². The Labute approximate surface area is 654 Å². The van der Waals surface area contributed by atoms with Gasteiger partial charge in [0.05, 0.1) is 22.1 Å². The van der Waals surface area contributed by atoms with E-state index in [1.165, 1.54) is 36.5 Å². The van der Waals surface area contributed by atoms with Crippen molar-refractivity contribution < 1.29 is 13.3 Å². The highest BCUT2D eigenvalue weighted by atomic mass is 32.1. The molecular weight excluding hydrogens is 1420 g/mol. The summed E-state index contributed by atoms with van der Waals surface area (Å²) >= 11 is 1.83. The van der Waals surface area contributed by atoms with Crippen LogP contribution in [0.1, 0.15) is 0 Å². The van der Waals surface area contributed by atoms with Gasteiger partial charge in [-0.3, -0.25) is 9.13 Å². The lowest BCUT2D eigenvalue weighted by Gasteiger charge is -2.12. The van der Waals surface area contributed by atoms with Gasteiger partial charge in [-0.05, 0) is 136 Å². The third kappa shape index (κ3) is 10.6. The van der Waals surface area contributed by atoms with Gasteiger partial charge in [0.2, 0.25) is 11.9 Å². The molecule has 0 aliphatic carbocycles. The standard InChI is InChI=1S/C51H30N4O2.C51H30N4OS/c1-3-13-32(14-4-1)39-29-35(30-45-46(39)37-18-8-11-21-42(37)57-45)31-23-25-34(26-24-31)50-52-49(33-15-5-2-6-16-33)53-51(54-50)55-40-20-10-7-17-36(40)47-41(55)27-28-44-48(47)38-19-9-12-22-43(38)56-44;1-3-13-31(14-4-1)36-21-12-23-42-46(36)38-26-25-34(30-43(38)56-42)33-17-11-18-35(29-33)50-52-49(32-15-5-2-6-16-32)53-51(54-50)55-40-22-9-7-19-37(40)47-41(55)27-28-45-48(47)39-20-8-10-24-44(39)57-45/h2*1-30H. The molecular formula is C102H60N8O3S.